The van der Waals surface area contributed by atoms with E-state index in [9.17, 15) is 22.8 Å². The zero-order valence-electron chi connectivity index (χ0n) is 16.1. The molecule has 0 fully saturated rings. The van der Waals surface area contributed by atoms with Gasteiger partial charge in [-0.15, -0.1) is 0 Å². The van der Waals surface area contributed by atoms with Gasteiger partial charge in [-0.05, 0) is 44.5 Å². The first-order chi connectivity index (χ1) is 13.7. The lowest BCUT2D eigenvalue weighted by atomic mass is 10.1. The van der Waals surface area contributed by atoms with E-state index in [4.69, 9.17) is 9.47 Å². The lowest BCUT2D eigenvalue weighted by Gasteiger charge is -2.16. The molecular weight excluding hydrogens is 387 g/mol. The Morgan fingerprint density at radius 2 is 1.72 bits per heavy atom. The van der Waals surface area contributed by atoms with E-state index in [1.807, 2.05) is 31.2 Å². The number of aryl methyl sites for hydroxylation is 1. The average molecular weight is 409 g/mol. The van der Waals surface area contributed by atoms with E-state index in [1.165, 1.54) is 19.1 Å². The molecular formula is C21H22F3NO4. The van der Waals surface area contributed by atoms with Crippen LogP contribution in [-0.4, -0.2) is 24.6 Å². The number of alkyl halides is 3. The molecule has 156 valence electrons. The Kier molecular flexibility index (Phi) is 7.64. The molecule has 0 aromatic heterocycles. The van der Waals surface area contributed by atoms with Crippen LogP contribution in [0.4, 0.5) is 18.9 Å². The van der Waals surface area contributed by atoms with Gasteiger partial charge in [0, 0.05) is 6.42 Å². The van der Waals surface area contributed by atoms with E-state index in [0.29, 0.717) is 12.2 Å². The summed E-state index contributed by atoms with van der Waals surface area (Å²) in [5.74, 6) is -0.796. The second kappa shape index (κ2) is 9.95. The number of hydrogen-bond acceptors (Lipinski definition) is 4. The van der Waals surface area contributed by atoms with Crippen LogP contribution in [0.25, 0.3) is 0 Å². The first-order valence-corrected chi connectivity index (χ1v) is 9.03. The van der Waals surface area contributed by atoms with Crippen LogP contribution >= 0.6 is 0 Å². The van der Waals surface area contributed by atoms with Gasteiger partial charge in [-0.1, -0.05) is 29.8 Å². The number of carbonyl (C=O) groups is 2. The number of carbonyl (C=O) groups excluding carboxylic acids is 2. The van der Waals surface area contributed by atoms with Gasteiger partial charge in [0.05, 0.1) is 17.9 Å². The number of rotatable bonds is 8. The Labute approximate surface area is 166 Å². The molecule has 0 saturated heterocycles. The summed E-state index contributed by atoms with van der Waals surface area (Å²) in [5.41, 5.74) is -0.259. The summed E-state index contributed by atoms with van der Waals surface area (Å²) in [6.45, 7) is 3.54. The molecule has 0 spiro atoms. The fraction of sp³-hybridized carbons (Fsp3) is 0.333. The number of benzene rings is 2. The number of esters is 1. The molecule has 1 N–H and O–H groups in total. The van der Waals surface area contributed by atoms with Crippen LogP contribution in [-0.2, 0) is 20.5 Å². The lowest BCUT2D eigenvalue weighted by molar-refractivity contribution is -0.153. The van der Waals surface area contributed by atoms with Crippen molar-refractivity contribution >= 4 is 17.6 Å². The van der Waals surface area contributed by atoms with Crippen molar-refractivity contribution in [1.29, 1.82) is 0 Å². The van der Waals surface area contributed by atoms with E-state index in [0.717, 1.165) is 17.7 Å². The number of halogens is 3. The SMILES string of the molecule is Cc1ccc(OCCCC(=O)OC(C)C(=O)Nc2ccccc2C(F)(F)F)cc1. The van der Waals surface area contributed by atoms with Gasteiger partial charge < -0.3 is 14.8 Å². The van der Waals surface area contributed by atoms with Crippen LogP contribution in [0.15, 0.2) is 48.5 Å². The molecule has 0 saturated carbocycles. The molecule has 2 aromatic rings. The summed E-state index contributed by atoms with van der Waals surface area (Å²) in [6.07, 6.45) is -5.45. The lowest BCUT2D eigenvalue weighted by Crippen LogP contribution is -2.30. The third-order valence-electron chi connectivity index (χ3n) is 3.98. The molecule has 0 aliphatic carbocycles. The highest BCUT2D eigenvalue weighted by Gasteiger charge is 2.34. The van der Waals surface area contributed by atoms with Crippen molar-refractivity contribution in [2.75, 3.05) is 11.9 Å². The molecule has 0 heterocycles. The summed E-state index contributed by atoms with van der Waals surface area (Å²) >= 11 is 0. The predicted octanol–water partition coefficient (Wildman–Crippen LogP) is 4.74. The number of ether oxygens (including phenoxy) is 2. The Bertz CT molecular complexity index is 835. The third kappa shape index (κ3) is 7.14. The quantitative estimate of drug-likeness (QED) is 0.505. The summed E-state index contributed by atoms with van der Waals surface area (Å²) in [6, 6.07) is 12.0. The monoisotopic (exact) mass is 409 g/mol. The molecule has 1 unspecified atom stereocenters. The number of anilines is 1. The first kappa shape index (κ1) is 22.3. The Hall–Kier alpha value is -3.03. The van der Waals surface area contributed by atoms with Gasteiger partial charge in [0.25, 0.3) is 5.91 Å². The summed E-state index contributed by atoms with van der Waals surface area (Å²) < 4.78 is 49.4. The van der Waals surface area contributed by atoms with Gasteiger partial charge in [0.2, 0.25) is 0 Å². The van der Waals surface area contributed by atoms with Crippen molar-refractivity contribution in [2.45, 2.75) is 39.0 Å². The summed E-state index contributed by atoms with van der Waals surface area (Å²) in [7, 11) is 0. The number of hydrogen-bond donors (Lipinski definition) is 1. The van der Waals surface area contributed by atoms with E-state index >= 15 is 0 Å². The van der Waals surface area contributed by atoms with Crippen molar-refractivity contribution in [3.05, 3.63) is 59.7 Å². The minimum absolute atomic E-state index is 0.0165. The Balaban J connectivity index is 1.77. The maximum absolute atomic E-state index is 13.0. The maximum Gasteiger partial charge on any atom is 0.418 e. The molecule has 2 aromatic carbocycles. The molecule has 1 amide bonds. The summed E-state index contributed by atoms with van der Waals surface area (Å²) in [5, 5.41) is 2.15. The second-order valence-electron chi connectivity index (χ2n) is 6.43. The van der Waals surface area contributed by atoms with Gasteiger partial charge in [0.1, 0.15) is 5.75 Å². The van der Waals surface area contributed by atoms with Gasteiger partial charge in [0.15, 0.2) is 6.10 Å². The molecule has 5 nitrogen and oxygen atoms in total. The zero-order chi connectivity index (χ0) is 21.4. The minimum Gasteiger partial charge on any atom is -0.494 e. The van der Waals surface area contributed by atoms with Gasteiger partial charge in [-0.25, -0.2) is 0 Å². The van der Waals surface area contributed by atoms with Crippen molar-refractivity contribution in [1.82, 2.24) is 0 Å². The van der Waals surface area contributed by atoms with E-state index in [-0.39, 0.29) is 18.7 Å². The van der Waals surface area contributed by atoms with Crippen LogP contribution in [0.1, 0.15) is 30.9 Å². The number of para-hydroxylation sites is 1. The normalized spacial score (nSPS) is 12.2. The predicted molar refractivity (Wildman–Crippen MR) is 102 cm³/mol. The third-order valence-corrected chi connectivity index (χ3v) is 3.98. The Morgan fingerprint density at radius 3 is 2.38 bits per heavy atom. The fourth-order valence-corrected chi connectivity index (χ4v) is 2.42. The first-order valence-electron chi connectivity index (χ1n) is 9.03. The standard InChI is InChI=1S/C21H22F3NO4/c1-14-9-11-16(12-10-14)28-13-5-8-19(26)29-15(2)20(27)25-18-7-4-3-6-17(18)21(22,23)24/h3-4,6-7,9-12,15H,5,8,13H2,1-2H3,(H,25,27). The fourth-order valence-electron chi connectivity index (χ4n) is 2.42. The van der Waals surface area contributed by atoms with Crippen LogP contribution in [0.3, 0.4) is 0 Å². The molecule has 0 radical (unpaired) electrons. The molecule has 0 bridgehead atoms. The highest BCUT2D eigenvalue weighted by atomic mass is 19.4. The van der Waals surface area contributed by atoms with E-state index < -0.39 is 29.7 Å². The van der Waals surface area contributed by atoms with Gasteiger partial charge in [-0.3, -0.25) is 9.59 Å². The highest BCUT2D eigenvalue weighted by Crippen LogP contribution is 2.34. The van der Waals surface area contributed by atoms with Crippen LogP contribution in [0, 0.1) is 6.92 Å². The highest BCUT2D eigenvalue weighted by molar-refractivity contribution is 5.95. The molecule has 0 aliphatic heterocycles. The van der Waals surface area contributed by atoms with Crippen molar-refractivity contribution in [2.24, 2.45) is 0 Å². The molecule has 0 aliphatic rings. The topological polar surface area (TPSA) is 64.6 Å². The van der Waals surface area contributed by atoms with Gasteiger partial charge in [-0.2, -0.15) is 13.2 Å². The maximum atomic E-state index is 13.0. The van der Waals surface area contributed by atoms with Crippen LogP contribution < -0.4 is 10.1 Å². The largest absolute Gasteiger partial charge is 0.494 e. The van der Waals surface area contributed by atoms with Crippen molar-refractivity contribution in [3.63, 3.8) is 0 Å². The average Bonchev–Trinajstić information content (AvgIpc) is 2.66. The van der Waals surface area contributed by atoms with Crippen LogP contribution in [0.5, 0.6) is 5.75 Å². The van der Waals surface area contributed by atoms with Crippen molar-refractivity contribution < 1.29 is 32.2 Å². The second-order valence-corrected chi connectivity index (χ2v) is 6.43. The smallest absolute Gasteiger partial charge is 0.418 e. The molecule has 2 rings (SSSR count). The van der Waals surface area contributed by atoms with E-state index in [1.54, 1.807) is 0 Å². The van der Waals surface area contributed by atoms with E-state index in [2.05, 4.69) is 5.32 Å². The number of amides is 1. The molecule has 29 heavy (non-hydrogen) atoms. The van der Waals surface area contributed by atoms with Gasteiger partial charge >= 0.3 is 12.1 Å². The van der Waals surface area contributed by atoms with Crippen molar-refractivity contribution in [3.8, 4) is 5.75 Å². The minimum atomic E-state index is -4.61. The molecule has 8 heteroatoms. The number of nitrogens with one attached hydrogen (secondary N) is 1. The zero-order valence-corrected chi connectivity index (χ0v) is 16.1. The van der Waals surface area contributed by atoms with Crippen LogP contribution in [0.2, 0.25) is 0 Å². The molecule has 1 atom stereocenters. The Morgan fingerprint density at radius 1 is 1.07 bits per heavy atom. The summed E-state index contributed by atoms with van der Waals surface area (Å²) in [4.78, 5) is 23.9.